The van der Waals surface area contributed by atoms with Crippen molar-refractivity contribution < 1.29 is 63.7 Å². The smallest absolute Gasteiger partial charge is 0.338 e. The monoisotopic (exact) mass is 637 g/mol. The van der Waals surface area contributed by atoms with Crippen LogP contribution in [-0.2, 0) is 28.6 Å². The van der Waals surface area contributed by atoms with Crippen molar-refractivity contribution in [1.82, 2.24) is 5.32 Å². The molecule has 0 unspecified atom stereocenters. The van der Waals surface area contributed by atoms with Crippen LogP contribution >= 0.6 is 0 Å². The molecular formula is C31H43NO13. The first kappa shape index (κ1) is 33.5. The minimum absolute atomic E-state index is 0.0727. The topological polar surface area (TPSA) is 225 Å². The van der Waals surface area contributed by atoms with Crippen molar-refractivity contribution in [3.8, 4) is 0 Å². The highest BCUT2D eigenvalue weighted by molar-refractivity contribution is 5.79. The van der Waals surface area contributed by atoms with Crippen molar-refractivity contribution in [2.75, 3.05) is 6.61 Å². The van der Waals surface area contributed by atoms with E-state index in [0.717, 1.165) is 6.92 Å². The quantitative estimate of drug-likeness (QED) is 0.153. The van der Waals surface area contributed by atoms with Gasteiger partial charge in [0.1, 0.15) is 41.3 Å². The van der Waals surface area contributed by atoms with E-state index in [0.29, 0.717) is 0 Å². The number of amides is 1. The van der Waals surface area contributed by atoms with Crippen LogP contribution in [0.15, 0.2) is 34.0 Å². The first-order valence-corrected chi connectivity index (χ1v) is 15.0. The summed E-state index contributed by atoms with van der Waals surface area (Å²) in [6.07, 6.45) is -9.86. The van der Waals surface area contributed by atoms with Gasteiger partial charge in [0.05, 0.1) is 31.2 Å². The maximum atomic E-state index is 13.4. The summed E-state index contributed by atoms with van der Waals surface area (Å²) in [6.45, 7) is 8.23. The highest BCUT2D eigenvalue weighted by Gasteiger charge is 2.76. The van der Waals surface area contributed by atoms with E-state index in [4.69, 9.17) is 18.6 Å². The maximum absolute atomic E-state index is 13.4. The van der Waals surface area contributed by atoms with Gasteiger partial charge in [-0.15, -0.1) is 0 Å². The molecule has 4 aliphatic rings. The van der Waals surface area contributed by atoms with Crippen LogP contribution in [0, 0.1) is 16.7 Å². The molecule has 1 aliphatic heterocycles. The second-order valence-corrected chi connectivity index (χ2v) is 13.7. The van der Waals surface area contributed by atoms with Gasteiger partial charge < -0.3 is 54.6 Å². The molecule has 1 saturated heterocycles. The van der Waals surface area contributed by atoms with E-state index in [1.807, 2.05) is 0 Å². The Bertz CT molecular complexity index is 1380. The second-order valence-electron chi connectivity index (χ2n) is 13.7. The van der Waals surface area contributed by atoms with Gasteiger partial charge in [0.25, 0.3) is 0 Å². The largest absolute Gasteiger partial charge is 0.467 e. The van der Waals surface area contributed by atoms with E-state index < -0.39 is 101 Å². The molecule has 2 bridgehead atoms. The number of hydrogen-bond donors (Lipinski definition) is 7. The summed E-state index contributed by atoms with van der Waals surface area (Å²) >= 11 is 0. The van der Waals surface area contributed by atoms with Gasteiger partial charge in [0.2, 0.25) is 5.91 Å². The van der Waals surface area contributed by atoms with Crippen LogP contribution in [0.4, 0.5) is 0 Å². The van der Waals surface area contributed by atoms with Crippen molar-refractivity contribution >= 4 is 17.8 Å². The predicted molar refractivity (Wildman–Crippen MR) is 152 cm³/mol. The van der Waals surface area contributed by atoms with Crippen LogP contribution in [-0.4, -0.2) is 109 Å². The van der Waals surface area contributed by atoms with Crippen LogP contribution < -0.4 is 5.32 Å². The Morgan fingerprint density at radius 3 is 2.29 bits per heavy atom. The van der Waals surface area contributed by atoms with Crippen LogP contribution in [0.3, 0.4) is 0 Å². The lowest BCUT2D eigenvalue weighted by molar-refractivity contribution is -0.365. The standard InChI is InChI=1S/C31H43NO13/c1-13-17(45-27(39)23(37)21(32-14(2)33)16-8-7-9-42-16)11-31(41)26(44-15(3)34)24-29(6,18(35)10-19-30(24,40)12-43-19)25(38)22(36)20(13)28(31,4)5/h7-9,17-19,21-26,35-38,40-41H,10-12H2,1-6H3,(H,32,33)/t17-,18-,19+,21-,22+,23+,24-,25+,26-,29+,30-,31+/m0/s1. The average Bonchev–Trinajstić information content (AvgIpc) is 3.48. The van der Waals surface area contributed by atoms with Crippen molar-refractivity contribution in [2.24, 2.45) is 16.7 Å². The van der Waals surface area contributed by atoms with Crippen molar-refractivity contribution in [3.63, 3.8) is 0 Å². The number of aliphatic hydroxyl groups is 6. The number of aliphatic hydroxyl groups excluding tert-OH is 4. The molecule has 2 heterocycles. The van der Waals surface area contributed by atoms with Gasteiger partial charge in [0.15, 0.2) is 6.10 Å². The van der Waals surface area contributed by atoms with Gasteiger partial charge in [-0.25, -0.2) is 4.79 Å². The Kier molecular flexibility index (Phi) is 8.30. The number of rotatable bonds is 6. The average molecular weight is 638 g/mol. The molecule has 250 valence electrons. The van der Waals surface area contributed by atoms with Crippen LogP contribution in [0.5, 0.6) is 0 Å². The fourth-order valence-electron chi connectivity index (χ4n) is 8.36. The molecule has 1 aromatic heterocycles. The molecule has 1 amide bonds. The first-order chi connectivity index (χ1) is 20.8. The van der Waals surface area contributed by atoms with Crippen molar-refractivity contribution in [1.29, 1.82) is 0 Å². The van der Waals surface area contributed by atoms with E-state index in [1.165, 1.54) is 39.2 Å². The lowest BCUT2D eigenvalue weighted by atomic mass is 9.44. The lowest BCUT2D eigenvalue weighted by Gasteiger charge is -2.68. The molecular weight excluding hydrogens is 594 g/mol. The predicted octanol–water partition coefficient (Wildman–Crippen LogP) is -0.609. The summed E-state index contributed by atoms with van der Waals surface area (Å²) in [5, 5.41) is 73.3. The van der Waals surface area contributed by atoms with Gasteiger partial charge >= 0.3 is 11.9 Å². The number of carbonyl (C=O) groups excluding carboxylic acids is 3. The Morgan fingerprint density at radius 2 is 1.76 bits per heavy atom. The molecule has 14 heteroatoms. The molecule has 7 N–H and O–H groups in total. The van der Waals surface area contributed by atoms with Gasteiger partial charge in [0, 0.05) is 43.4 Å². The minimum Gasteiger partial charge on any atom is -0.467 e. The third-order valence-electron chi connectivity index (χ3n) is 10.9. The van der Waals surface area contributed by atoms with Gasteiger partial charge in [-0.05, 0) is 30.2 Å². The van der Waals surface area contributed by atoms with Gasteiger partial charge in [-0.2, -0.15) is 0 Å². The summed E-state index contributed by atoms with van der Waals surface area (Å²) in [5.74, 6) is -3.86. The summed E-state index contributed by atoms with van der Waals surface area (Å²) in [5.41, 5.74) is -6.80. The molecule has 5 rings (SSSR count). The zero-order chi connectivity index (χ0) is 33.4. The minimum atomic E-state index is -2.18. The van der Waals surface area contributed by atoms with Crippen LogP contribution in [0.2, 0.25) is 0 Å². The van der Waals surface area contributed by atoms with Gasteiger partial charge in [-0.1, -0.05) is 20.8 Å². The fourth-order valence-corrected chi connectivity index (χ4v) is 8.36. The van der Waals surface area contributed by atoms with E-state index >= 15 is 0 Å². The molecule has 12 atom stereocenters. The number of hydrogen-bond acceptors (Lipinski definition) is 13. The van der Waals surface area contributed by atoms with E-state index in [-0.39, 0.29) is 29.9 Å². The van der Waals surface area contributed by atoms with Crippen LogP contribution in [0.25, 0.3) is 0 Å². The summed E-state index contributed by atoms with van der Waals surface area (Å²) < 4.78 is 22.4. The highest BCUT2D eigenvalue weighted by Crippen LogP contribution is 2.64. The Morgan fingerprint density at radius 1 is 1.09 bits per heavy atom. The second kappa shape index (κ2) is 11.1. The molecule has 0 spiro atoms. The Balaban J connectivity index is 1.63. The van der Waals surface area contributed by atoms with E-state index in [1.54, 1.807) is 13.8 Å². The van der Waals surface area contributed by atoms with Gasteiger partial charge in [-0.3, -0.25) is 9.59 Å². The lowest BCUT2D eigenvalue weighted by Crippen LogP contribution is -2.81. The third kappa shape index (κ3) is 4.84. The maximum Gasteiger partial charge on any atom is 0.338 e. The number of fused-ring (bicyclic) bond motifs is 5. The fraction of sp³-hybridized carbons (Fsp3) is 0.710. The number of ether oxygens (including phenoxy) is 3. The Labute approximate surface area is 260 Å². The molecule has 0 radical (unpaired) electrons. The zero-order valence-corrected chi connectivity index (χ0v) is 26.1. The molecule has 45 heavy (non-hydrogen) atoms. The zero-order valence-electron chi connectivity index (χ0n) is 26.1. The third-order valence-corrected chi connectivity index (χ3v) is 10.9. The molecule has 14 nitrogen and oxygen atoms in total. The van der Waals surface area contributed by atoms with E-state index in [9.17, 15) is 45.0 Å². The summed E-state index contributed by atoms with van der Waals surface area (Å²) in [4.78, 5) is 38.0. The first-order valence-electron chi connectivity index (χ1n) is 15.0. The van der Waals surface area contributed by atoms with Crippen LogP contribution in [0.1, 0.15) is 66.2 Å². The number of carbonyl (C=O) groups is 3. The SMILES string of the molecule is CC(=O)N[C@@H](c1ccco1)[C@@H](O)C(=O)O[C@H]1C[C@@]2(O)[C@@H](OC(C)=O)[C@@H]3[C@]4(O)CO[C@@H]4C[C@H](O)[C@@]3(C)[C@H](O)[C@H](O)C(=C1C)C2(C)C. The molecule has 2 saturated carbocycles. The number of esters is 2. The number of furan rings is 1. The molecule has 3 fully saturated rings. The normalized spacial score (nSPS) is 41.6. The van der Waals surface area contributed by atoms with Crippen molar-refractivity contribution in [3.05, 3.63) is 35.3 Å². The number of nitrogens with one attached hydrogen (secondary N) is 1. The highest BCUT2D eigenvalue weighted by atomic mass is 16.6. The Hall–Kier alpha value is -2.85. The summed E-state index contributed by atoms with van der Waals surface area (Å²) in [7, 11) is 0. The molecule has 3 aliphatic carbocycles. The molecule has 1 aromatic rings. The van der Waals surface area contributed by atoms with Crippen molar-refractivity contribution in [2.45, 2.75) is 114 Å². The summed E-state index contributed by atoms with van der Waals surface area (Å²) in [6, 6.07) is 1.64. The molecule has 0 aromatic carbocycles. The van der Waals surface area contributed by atoms with E-state index in [2.05, 4.69) is 5.32 Å².